The molecule has 0 bridgehead atoms. The Balaban J connectivity index is 1.43. The SMILES string of the molecule is CCCc1cc(Nc2ncc(C)s2)nc(C2CCN(C(=O)[C@H]3CCCCN3)CC2)n1. The van der Waals surface area contributed by atoms with Gasteiger partial charge in [-0.3, -0.25) is 4.79 Å². The summed E-state index contributed by atoms with van der Waals surface area (Å²) in [6.07, 6.45) is 8.98. The molecule has 2 fully saturated rings. The summed E-state index contributed by atoms with van der Waals surface area (Å²) in [7, 11) is 0. The second kappa shape index (κ2) is 9.83. The van der Waals surface area contributed by atoms with E-state index in [0.29, 0.717) is 5.92 Å². The molecule has 2 aromatic heterocycles. The number of thiazole rings is 1. The first-order valence-corrected chi connectivity index (χ1v) is 12.0. The number of hydrogen-bond donors (Lipinski definition) is 2. The van der Waals surface area contributed by atoms with Crippen LogP contribution in [0.1, 0.15) is 67.8 Å². The van der Waals surface area contributed by atoms with Crippen LogP contribution in [0.15, 0.2) is 12.3 Å². The van der Waals surface area contributed by atoms with Gasteiger partial charge in [-0.1, -0.05) is 19.8 Å². The van der Waals surface area contributed by atoms with Gasteiger partial charge in [0, 0.05) is 41.8 Å². The second-order valence-corrected chi connectivity index (χ2v) is 9.59. The normalized spacial score (nSPS) is 20.3. The zero-order valence-electron chi connectivity index (χ0n) is 18.0. The molecule has 8 heteroatoms. The van der Waals surface area contributed by atoms with E-state index in [0.717, 1.165) is 80.6 Å². The molecular formula is C22H32N6OS. The van der Waals surface area contributed by atoms with Gasteiger partial charge in [0.15, 0.2) is 5.13 Å². The zero-order valence-corrected chi connectivity index (χ0v) is 18.8. The minimum absolute atomic E-state index is 0.0111. The molecule has 162 valence electrons. The van der Waals surface area contributed by atoms with E-state index in [1.165, 1.54) is 11.3 Å². The number of hydrogen-bond acceptors (Lipinski definition) is 7. The molecule has 2 aromatic rings. The molecule has 2 aliphatic rings. The Kier molecular flexibility index (Phi) is 6.94. The number of carbonyl (C=O) groups excluding carboxylic acids is 1. The van der Waals surface area contributed by atoms with Crippen molar-refractivity contribution in [1.82, 2.24) is 25.2 Å². The third kappa shape index (κ3) is 5.16. The highest BCUT2D eigenvalue weighted by molar-refractivity contribution is 7.15. The van der Waals surface area contributed by atoms with Crippen LogP contribution in [0.3, 0.4) is 0 Å². The molecule has 2 saturated heterocycles. The van der Waals surface area contributed by atoms with Gasteiger partial charge < -0.3 is 15.5 Å². The standard InChI is InChI=1S/C22H32N6OS/c1-3-6-17-13-19(27-22-24-14-15(2)30-22)26-20(25-17)16-8-11-28(12-9-16)21(29)18-7-4-5-10-23-18/h13-14,16,18,23H,3-12H2,1-2H3,(H,24,25,26,27)/t18-/m1/s1. The number of nitrogens with zero attached hydrogens (tertiary/aromatic N) is 4. The van der Waals surface area contributed by atoms with Crippen LogP contribution < -0.4 is 10.6 Å². The molecule has 1 amide bonds. The molecule has 2 aliphatic heterocycles. The number of carbonyl (C=O) groups is 1. The molecule has 4 heterocycles. The fourth-order valence-electron chi connectivity index (χ4n) is 4.31. The van der Waals surface area contributed by atoms with Gasteiger partial charge in [-0.15, -0.1) is 11.3 Å². The summed E-state index contributed by atoms with van der Waals surface area (Å²) >= 11 is 1.63. The number of anilines is 2. The van der Waals surface area contributed by atoms with E-state index < -0.39 is 0 Å². The summed E-state index contributed by atoms with van der Waals surface area (Å²) < 4.78 is 0. The maximum atomic E-state index is 12.8. The van der Waals surface area contributed by atoms with Crippen LogP contribution in [0.2, 0.25) is 0 Å². The number of piperidine rings is 2. The molecule has 1 atom stereocenters. The van der Waals surface area contributed by atoms with Gasteiger partial charge in [0.25, 0.3) is 0 Å². The van der Waals surface area contributed by atoms with Gasteiger partial charge in [0.2, 0.25) is 5.91 Å². The molecule has 0 saturated carbocycles. The maximum Gasteiger partial charge on any atom is 0.239 e. The van der Waals surface area contributed by atoms with E-state index in [9.17, 15) is 4.79 Å². The fraction of sp³-hybridized carbons (Fsp3) is 0.636. The second-order valence-electron chi connectivity index (χ2n) is 8.36. The number of rotatable bonds is 6. The van der Waals surface area contributed by atoms with Crippen LogP contribution in [-0.4, -0.2) is 51.4 Å². The topological polar surface area (TPSA) is 83.0 Å². The van der Waals surface area contributed by atoms with Gasteiger partial charge in [-0.05, 0) is 45.6 Å². The van der Waals surface area contributed by atoms with Gasteiger partial charge in [0.1, 0.15) is 11.6 Å². The summed E-state index contributed by atoms with van der Waals surface area (Å²) in [5.74, 6) is 2.29. The molecule has 0 aliphatic carbocycles. The van der Waals surface area contributed by atoms with Crippen molar-refractivity contribution in [3.05, 3.63) is 28.7 Å². The van der Waals surface area contributed by atoms with Gasteiger partial charge in [0.05, 0.1) is 6.04 Å². The van der Waals surface area contributed by atoms with Gasteiger partial charge in [-0.25, -0.2) is 15.0 Å². The van der Waals surface area contributed by atoms with Crippen LogP contribution in [0.25, 0.3) is 0 Å². The smallest absolute Gasteiger partial charge is 0.239 e. The van der Waals surface area contributed by atoms with Crippen LogP contribution in [0, 0.1) is 6.92 Å². The Hall–Kier alpha value is -2.06. The molecular weight excluding hydrogens is 396 g/mol. The van der Waals surface area contributed by atoms with Gasteiger partial charge >= 0.3 is 0 Å². The quantitative estimate of drug-likeness (QED) is 0.728. The van der Waals surface area contributed by atoms with E-state index in [-0.39, 0.29) is 11.9 Å². The highest BCUT2D eigenvalue weighted by Crippen LogP contribution is 2.29. The highest BCUT2D eigenvalue weighted by Gasteiger charge is 2.30. The predicted molar refractivity (Wildman–Crippen MR) is 120 cm³/mol. The van der Waals surface area contributed by atoms with E-state index in [1.807, 2.05) is 17.2 Å². The van der Waals surface area contributed by atoms with Crippen LogP contribution in [-0.2, 0) is 11.2 Å². The third-order valence-corrected chi connectivity index (χ3v) is 6.77. The molecule has 0 aromatic carbocycles. The van der Waals surface area contributed by atoms with Crippen molar-refractivity contribution in [2.45, 2.75) is 70.8 Å². The van der Waals surface area contributed by atoms with E-state index >= 15 is 0 Å². The lowest BCUT2D eigenvalue weighted by Gasteiger charge is -2.35. The monoisotopic (exact) mass is 428 g/mol. The number of aryl methyl sites for hydroxylation is 2. The number of aromatic nitrogens is 3. The highest BCUT2D eigenvalue weighted by atomic mass is 32.1. The summed E-state index contributed by atoms with van der Waals surface area (Å²) in [5, 5.41) is 7.60. The average Bonchev–Trinajstić information content (AvgIpc) is 3.18. The molecule has 4 rings (SSSR count). The minimum Gasteiger partial charge on any atom is -0.341 e. The molecule has 30 heavy (non-hydrogen) atoms. The fourth-order valence-corrected chi connectivity index (χ4v) is 4.98. The lowest BCUT2D eigenvalue weighted by molar-refractivity contribution is -0.135. The Bertz CT molecular complexity index is 855. The predicted octanol–water partition coefficient (Wildman–Crippen LogP) is 3.79. The Labute approximate surface area is 182 Å². The van der Waals surface area contributed by atoms with Crippen molar-refractivity contribution in [3.8, 4) is 0 Å². The number of amides is 1. The summed E-state index contributed by atoms with van der Waals surface area (Å²) in [4.78, 5) is 30.1. The first kappa shape index (κ1) is 21.2. The Morgan fingerprint density at radius 1 is 1.27 bits per heavy atom. The Morgan fingerprint density at radius 3 is 2.77 bits per heavy atom. The van der Waals surface area contributed by atoms with Crippen molar-refractivity contribution in [2.75, 3.05) is 25.0 Å². The van der Waals surface area contributed by atoms with Crippen molar-refractivity contribution < 1.29 is 4.79 Å². The molecule has 0 spiro atoms. The Morgan fingerprint density at radius 2 is 2.10 bits per heavy atom. The summed E-state index contributed by atoms with van der Waals surface area (Å²) in [6, 6.07) is 2.05. The lowest BCUT2D eigenvalue weighted by Crippen LogP contribution is -2.50. The van der Waals surface area contributed by atoms with E-state index in [1.54, 1.807) is 11.3 Å². The van der Waals surface area contributed by atoms with Crippen molar-refractivity contribution in [2.24, 2.45) is 0 Å². The van der Waals surface area contributed by atoms with Crippen molar-refractivity contribution in [3.63, 3.8) is 0 Å². The zero-order chi connectivity index (χ0) is 20.9. The lowest BCUT2D eigenvalue weighted by atomic mass is 9.94. The number of likely N-dealkylation sites (tertiary alicyclic amines) is 1. The molecule has 0 radical (unpaired) electrons. The van der Waals surface area contributed by atoms with Crippen LogP contribution in [0.4, 0.5) is 10.9 Å². The maximum absolute atomic E-state index is 12.8. The van der Waals surface area contributed by atoms with Gasteiger partial charge in [-0.2, -0.15) is 0 Å². The van der Waals surface area contributed by atoms with E-state index in [4.69, 9.17) is 9.97 Å². The first-order valence-electron chi connectivity index (χ1n) is 11.2. The minimum atomic E-state index is 0.0111. The first-order chi connectivity index (χ1) is 14.6. The average molecular weight is 429 g/mol. The molecule has 2 N–H and O–H groups in total. The summed E-state index contributed by atoms with van der Waals surface area (Å²) in [5.41, 5.74) is 1.07. The number of nitrogens with one attached hydrogen (secondary N) is 2. The van der Waals surface area contributed by atoms with Crippen LogP contribution in [0.5, 0.6) is 0 Å². The van der Waals surface area contributed by atoms with Crippen molar-refractivity contribution in [1.29, 1.82) is 0 Å². The molecule has 7 nitrogen and oxygen atoms in total. The van der Waals surface area contributed by atoms with E-state index in [2.05, 4.69) is 29.5 Å². The molecule has 0 unspecified atom stereocenters. The third-order valence-electron chi connectivity index (χ3n) is 5.94. The van der Waals surface area contributed by atoms with Crippen LogP contribution >= 0.6 is 11.3 Å². The summed E-state index contributed by atoms with van der Waals surface area (Å²) in [6.45, 7) is 6.76. The largest absolute Gasteiger partial charge is 0.341 e. The van der Waals surface area contributed by atoms with Crippen molar-refractivity contribution >= 4 is 28.2 Å².